The molecule has 61 heavy (non-hydrogen) atoms. The minimum atomic E-state index is -0.236. The second-order valence-electron chi connectivity index (χ2n) is 19.2. The summed E-state index contributed by atoms with van der Waals surface area (Å²) >= 11 is 0. The number of aryl methyl sites for hydroxylation is 2. The molecule has 0 unspecified atom stereocenters. The van der Waals surface area contributed by atoms with E-state index in [-0.39, 0.29) is 16.2 Å². The fraction of sp³-hybridized carbons (Fsp3) is 0.186. The Morgan fingerprint density at radius 2 is 0.508 bits per heavy atom. The van der Waals surface area contributed by atoms with Gasteiger partial charge in [-0.25, -0.2) is 0 Å². The Morgan fingerprint density at radius 3 is 0.787 bits per heavy atom. The number of nitrogens with zero attached hydrogens (tertiary/aromatic N) is 2. The van der Waals surface area contributed by atoms with Crippen molar-refractivity contribution in [1.82, 2.24) is 0 Å². The first kappa shape index (κ1) is 37.4. The highest BCUT2D eigenvalue weighted by Crippen LogP contribution is 2.55. The minimum absolute atomic E-state index is 0.0952. The van der Waals surface area contributed by atoms with Gasteiger partial charge in [0.05, 0.1) is 0 Å². The minimum Gasteiger partial charge on any atom is -0.310 e. The van der Waals surface area contributed by atoms with E-state index in [1.807, 2.05) is 0 Å². The molecule has 2 nitrogen and oxygen atoms in total. The largest absolute Gasteiger partial charge is 0.310 e. The van der Waals surface area contributed by atoms with Gasteiger partial charge in [0.25, 0.3) is 0 Å². The molecule has 298 valence electrons. The summed E-state index contributed by atoms with van der Waals surface area (Å²) in [5.41, 5.74) is 25.4. The maximum atomic E-state index is 2.45. The third kappa shape index (κ3) is 5.54. The van der Waals surface area contributed by atoms with E-state index >= 15 is 0 Å². The molecule has 0 amide bonds. The van der Waals surface area contributed by atoms with E-state index in [0.717, 1.165) is 22.7 Å². The quantitative estimate of drug-likeness (QED) is 0.166. The van der Waals surface area contributed by atoms with Gasteiger partial charge in [0.1, 0.15) is 0 Å². The fourth-order valence-electron chi connectivity index (χ4n) is 11.0. The van der Waals surface area contributed by atoms with Crippen molar-refractivity contribution in [2.75, 3.05) is 9.80 Å². The van der Waals surface area contributed by atoms with Gasteiger partial charge < -0.3 is 9.80 Å². The van der Waals surface area contributed by atoms with Crippen molar-refractivity contribution in [3.63, 3.8) is 0 Å². The number of fused-ring (bicyclic) bond motifs is 9. The standard InChI is InChI=1S/C59H52N2/c1-37-19-25-45-47-27-21-41(33-53(47)57(3,4)51(45)31-37)60(39-15-11-9-12-16-39)43-23-29-49-50-30-24-44(36-56(50)59(7,8)55(49)35-43)61(40-17-13-10-14-18-40)42-22-28-48-46-26-20-38(2)32-52(46)58(5,6)54(48)34-42/h9-36H,1-8H3. The second-order valence-corrected chi connectivity index (χ2v) is 19.2. The van der Waals surface area contributed by atoms with Crippen LogP contribution in [-0.4, -0.2) is 0 Å². The van der Waals surface area contributed by atoms with E-state index in [0.29, 0.717) is 0 Å². The summed E-state index contributed by atoms with van der Waals surface area (Å²) in [6.45, 7) is 18.7. The average molecular weight is 789 g/mol. The predicted molar refractivity (Wildman–Crippen MR) is 258 cm³/mol. The molecule has 8 aromatic rings. The van der Waals surface area contributed by atoms with Crippen LogP contribution in [0.25, 0.3) is 33.4 Å². The predicted octanol–water partition coefficient (Wildman–Crippen LogP) is 16.2. The number of anilines is 6. The lowest BCUT2D eigenvalue weighted by Gasteiger charge is -2.30. The Morgan fingerprint density at radius 1 is 0.262 bits per heavy atom. The van der Waals surface area contributed by atoms with E-state index < -0.39 is 0 Å². The summed E-state index contributed by atoms with van der Waals surface area (Å²) in [5, 5.41) is 0. The van der Waals surface area contributed by atoms with E-state index in [2.05, 4.69) is 235 Å². The van der Waals surface area contributed by atoms with Crippen LogP contribution < -0.4 is 9.80 Å². The number of hydrogen-bond donors (Lipinski definition) is 0. The molecule has 0 saturated heterocycles. The van der Waals surface area contributed by atoms with Gasteiger partial charge in [0.2, 0.25) is 0 Å². The lowest BCUT2D eigenvalue weighted by molar-refractivity contribution is 0.659. The molecule has 0 atom stereocenters. The lowest BCUT2D eigenvalue weighted by atomic mass is 9.81. The first-order valence-corrected chi connectivity index (χ1v) is 21.8. The summed E-state index contributed by atoms with van der Waals surface area (Å²) in [7, 11) is 0. The van der Waals surface area contributed by atoms with E-state index in [1.54, 1.807) is 0 Å². The van der Waals surface area contributed by atoms with Gasteiger partial charge in [-0.3, -0.25) is 0 Å². The summed E-state index contributed by atoms with van der Waals surface area (Å²) in [4.78, 5) is 4.89. The first-order valence-electron chi connectivity index (χ1n) is 21.8. The second kappa shape index (κ2) is 13.2. The van der Waals surface area contributed by atoms with Crippen molar-refractivity contribution in [3.8, 4) is 33.4 Å². The molecule has 0 radical (unpaired) electrons. The summed E-state index contributed by atoms with van der Waals surface area (Å²) in [6.07, 6.45) is 0. The van der Waals surface area contributed by atoms with Crippen LogP contribution in [0.4, 0.5) is 34.1 Å². The number of para-hydroxylation sites is 2. The maximum absolute atomic E-state index is 2.45. The van der Waals surface area contributed by atoms with Crippen molar-refractivity contribution in [2.24, 2.45) is 0 Å². The van der Waals surface area contributed by atoms with Crippen molar-refractivity contribution < 1.29 is 0 Å². The lowest BCUT2D eigenvalue weighted by Crippen LogP contribution is -2.18. The van der Waals surface area contributed by atoms with Gasteiger partial charge in [0, 0.05) is 50.4 Å². The van der Waals surface area contributed by atoms with Crippen LogP contribution >= 0.6 is 0 Å². The van der Waals surface area contributed by atoms with Crippen LogP contribution in [0.5, 0.6) is 0 Å². The number of benzene rings is 8. The van der Waals surface area contributed by atoms with Gasteiger partial charge in [-0.15, -0.1) is 0 Å². The molecule has 8 aromatic carbocycles. The first-order chi connectivity index (χ1) is 29.3. The van der Waals surface area contributed by atoms with Gasteiger partial charge in [-0.2, -0.15) is 0 Å². The molecule has 11 rings (SSSR count). The van der Waals surface area contributed by atoms with Gasteiger partial charge in [-0.1, -0.05) is 150 Å². The zero-order valence-electron chi connectivity index (χ0n) is 36.6. The van der Waals surface area contributed by atoms with E-state index in [1.165, 1.54) is 89.3 Å². The molecular weight excluding hydrogens is 737 g/mol. The molecule has 0 saturated carbocycles. The Kier molecular flexibility index (Phi) is 8.07. The third-order valence-corrected chi connectivity index (χ3v) is 14.3. The molecule has 3 aliphatic rings. The molecule has 0 aromatic heterocycles. The van der Waals surface area contributed by atoms with Crippen molar-refractivity contribution in [1.29, 1.82) is 0 Å². The monoisotopic (exact) mass is 788 g/mol. The zero-order valence-corrected chi connectivity index (χ0v) is 36.6. The van der Waals surface area contributed by atoms with Crippen LogP contribution in [0.15, 0.2) is 170 Å². The molecule has 0 heterocycles. The molecule has 0 bridgehead atoms. The van der Waals surface area contributed by atoms with Crippen molar-refractivity contribution in [3.05, 3.63) is 214 Å². The fourth-order valence-corrected chi connectivity index (χ4v) is 11.0. The summed E-state index contributed by atoms with van der Waals surface area (Å²) in [5.74, 6) is 0. The Balaban J connectivity index is 1.00. The SMILES string of the molecule is Cc1ccc2c(c1)C(C)(C)c1cc(N(c3ccccc3)c3ccc4c(c3)C(C)(C)c3cc(N(c5ccccc5)c5ccc6c(c5)C(C)(C)c5cc(C)ccc5-6)ccc3-4)ccc1-2. The van der Waals surface area contributed by atoms with Gasteiger partial charge in [-0.05, 0) is 153 Å². The normalized spacial score (nSPS) is 15.3. The van der Waals surface area contributed by atoms with Crippen molar-refractivity contribution >= 4 is 34.1 Å². The number of rotatable bonds is 6. The highest BCUT2D eigenvalue weighted by atomic mass is 15.1. The maximum Gasteiger partial charge on any atom is 0.0465 e. The van der Waals surface area contributed by atoms with Crippen LogP contribution in [-0.2, 0) is 16.2 Å². The number of hydrogen-bond acceptors (Lipinski definition) is 2. The Bertz CT molecular complexity index is 2870. The third-order valence-electron chi connectivity index (χ3n) is 14.3. The molecule has 2 heteroatoms. The smallest absolute Gasteiger partial charge is 0.0465 e. The van der Waals surface area contributed by atoms with E-state index in [9.17, 15) is 0 Å². The van der Waals surface area contributed by atoms with Gasteiger partial charge >= 0.3 is 0 Å². The highest BCUT2D eigenvalue weighted by molar-refractivity contribution is 5.91. The van der Waals surface area contributed by atoms with Gasteiger partial charge in [0.15, 0.2) is 0 Å². The Labute approximate surface area is 361 Å². The Hall–Kier alpha value is -6.64. The molecule has 0 aliphatic heterocycles. The molecule has 0 fully saturated rings. The van der Waals surface area contributed by atoms with E-state index in [4.69, 9.17) is 0 Å². The van der Waals surface area contributed by atoms with Crippen LogP contribution in [0.3, 0.4) is 0 Å². The summed E-state index contributed by atoms with van der Waals surface area (Å²) < 4.78 is 0. The molecule has 0 N–H and O–H groups in total. The molecular formula is C59H52N2. The average Bonchev–Trinajstić information content (AvgIpc) is 3.73. The highest BCUT2D eigenvalue weighted by Gasteiger charge is 2.40. The zero-order chi connectivity index (χ0) is 42.0. The summed E-state index contributed by atoms with van der Waals surface area (Å²) in [6, 6.07) is 64.0. The van der Waals surface area contributed by atoms with Crippen LogP contribution in [0, 0.1) is 13.8 Å². The molecule has 0 spiro atoms. The van der Waals surface area contributed by atoms with Crippen molar-refractivity contribution in [2.45, 2.75) is 71.6 Å². The van der Waals surface area contributed by atoms with Crippen LogP contribution in [0.2, 0.25) is 0 Å². The topological polar surface area (TPSA) is 6.48 Å². The molecule has 3 aliphatic carbocycles. The van der Waals surface area contributed by atoms with Crippen LogP contribution in [0.1, 0.15) is 86.1 Å².